The van der Waals surface area contributed by atoms with Gasteiger partial charge in [0.1, 0.15) is 24.0 Å². The minimum atomic E-state index is -0.514. The molecule has 1 atom stereocenters. The molecule has 1 saturated heterocycles. The monoisotopic (exact) mass is 280 g/mol. The number of ether oxygens (including phenoxy) is 1. The molecule has 0 saturated carbocycles. The molecule has 0 aromatic carbocycles. The SMILES string of the molecule is CCCc1c(NN)ncnc1N1CCOCC1C(N)=O. The number of amides is 1. The molecule has 1 aromatic rings. The van der Waals surface area contributed by atoms with Crippen molar-refractivity contribution in [2.24, 2.45) is 11.6 Å². The van der Waals surface area contributed by atoms with E-state index in [0.717, 1.165) is 18.4 Å². The number of nitrogens with zero attached hydrogens (tertiary/aromatic N) is 3. The highest BCUT2D eigenvalue weighted by molar-refractivity contribution is 5.84. The number of primary amides is 1. The fourth-order valence-electron chi connectivity index (χ4n) is 2.35. The number of nitrogen functional groups attached to an aromatic ring is 1. The summed E-state index contributed by atoms with van der Waals surface area (Å²) in [6.45, 7) is 3.42. The Balaban J connectivity index is 2.41. The van der Waals surface area contributed by atoms with Crippen LogP contribution in [0.25, 0.3) is 0 Å². The highest BCUT2D eigenvalue weighted by Gasteiger charge is 2.30. The van der Waals surface area contributed by atoms with Gasteiger partial charge in [0.05, 0.1) is 13.2 Å². The Bertz CT molecular complexity index is 481. The molecule has 2 rings (SSSR count). The van der Waals surface area contributed by atoms with Crippen molar-refractivity contribution in [1.82, 2.24) is 9.97 Å². The van der Waals surface area contributed by atoms with Crippen molar-refractivity contribution in [3.8, 4) is 0 Å². The normalized spacial score (nSPS) is 18.9. The fourth-order valence-corrected chi connectivity index (χ4v) is 2.35. The summed E-state index contributed by atoms with van der Waals surface area (Å²) < 4.78 is 5.33. The predicted octanol–water partition coefficient (Wildman–Crippen LogP) is -0.595. The van der Waals surface area contributed by atoms with Gasteiger partial charge in [-0.15, -0.1) is 0 Å². The molecule has 0 aliphatic carbocycles. The first-order chi connectivity index (χ1) is 9.69. The number of anilines is 2. The van der Waals surface area contributed by atoms with Crippen molar-refractivity contribution in [3.05, 3.63) is 11.9 Å². The van der Waals surface area contributed by atoms with Crippen LogP contribution in [0.5, 0.6) is 0 Å². The lowest BCUT2D eigenvalue weighted by atomic mass is 10.1. The summed E-state index contributed by atoms with van der Waals surface area (Å²) in [5, 5.41) is 0. The number of aromatic nitrogens is 2. The predicted molar refractivity (Wildman–Crippen MR) is 75.0 cm³/mol. The van der Waals surface area contributed by atoms with E-state index in [2.05, 4.69) is 22.3 Å². The zero-order valence-electron chi connectivity index (χ0n) is 11.5. The van der Waals surface area contributed by atoms with E-state index >= 15 is 0 Å². The average molecular weight is 280 g/mol. The van der Waals surface area contributed by atoms with Gasteiger partial charge in [0.15, 0.2) is 0 Å². The standard InChI is InChI=1S/C12H20N6O2/c1-2-3-8-11(17-14)15-7-16-12(8)18-4-5-20-6-9(18)10(13)19/h7,9H,2-6,14H2,1H3,(H2,13,19)(H,15,16,17). The number of carbonyl (C=O) groups is 1. The second-order valence-corrected chi connectivity index (χ2v) is 4.61. The van der Waals surface area contributed by atoms with Gasteiger partial charge in [-0.1, -0.05) is 13.3 Å². The summed E-state index contributed by atoms with van der Waals surface area (Å²) in [6.07, 6.45) is 3.11. The maximum atomic E-state index is 11.6. The molecule has 5 N–H and O–H groups in total. The van der Waals surface area contributed by atoms with E-state index in [-0.39, 0.29) is 6.61 Å². The van der Waals surface area contributed by atoms with E-state index < -0.39 is 11.9 Å². The second kappa shape index (κ2) is 6.49. The van der Waals surface area contributed by atoms with Gasteiger partial charge in [-0.2, -0.15) is 0 Å². The summed E-state index contributed by atoms with van der Waals surface area (Å²) >= 11 is 0. The molecule has 1 amide bonds. The van der Waals surface area contributed by atoms with Gasteiger partial charge >= 0.3 is 0 Å². The third-order valence-electron chi connectivity index (χ3n) is 3.29. The lowest BCUT2D eigenvalue weighted by molar-refractivity contribution is -0.121. The largest absolute Gasteiger partial charge is 0.377 e. The van der Waals surface area contributed by atoms with Gasteiger partial charge < -0.3 is 20.8 Å². The number of rotatable bonds is 5. The van der Waals surface area contributed by atoms with E-state index in [4.69, 9.17) is 16.3 Å². The molecule has 1 aliphatic rings. The molecule has 20 heavy (non-hydrogen) atoms. The van der Waals surface area contributed by atoms with Crippen molar-refractivity contribution >= 4 is 17.5 Å². The first-order valence-electron chi connectivity index (χ1n) is 6.63. The summed E-state index contributed by atoms with van der Waals surface area (Å²) in [7, 11) is 0. The van der Waals surface area contributed by atoms with E-state index in [1.165, 1.54) is 6.33 Å². The Morgan fingerprint density at radius 1 is 1.60 bits per heavy atom. The van der Waals surface area contributed by atoms with Crippen LogP contribution in [0.3, 0.4) is 0 Å². The van der Waals surface area contributed by atoms with Crippen LogP contribution < -0.4 is 21.9 Å². The molecule has 110 valence electrons. The molecule has 0 radical (unpaired) electrons. The van der Waals surface area contributed by atoms with Crippen LogP contribution in [0.1, 0.15) is 18.9 Å². The van der Waals surface area contributed by atoms with E-state index in [9.17, 15) is 4.79 Å². The van der Waals surface area contributed by atoms with Gasteiger partial charge in [0.25, 0.3) is 0 Å². The number of hydrazine groups is 1. The van der Waals surface area contributed by atoms with Crippen LogP contribution >= 0.6 is 0 Å². The number of morpholine rings is 1. The van der Waals surface area contributed by atoms with Crippen LogP contribution in [0, 0.1) is 0 Å². The van der Waals surface area contributed by atoms with Crippen molar-refractivity contribution in [1.29, 1.82) is 0 Å². The van der Waals surface area contributed by atoms with Crippen LogP contribution in [0.2, 0.25) is 0 Å². The highest BCUT2D eigenvalue weighted by atomic mass is 16.5. The second-order valence-electron chi connectivity index (χ2n) is 4.61. The molecular weight excluding hydrogens is 260 g/mol. The van der Waals surface area contributed by atoms with Crippen LogP contribution in [0.15, 0.2) is 6.33 Å². The molecule has 0 spiro atoms. The van der Waals surface area contributed by atoms with Gasteiger partial charge in [-0.05, 0) is 6.42 Å². The van der Waals surface area contributed by atoms with Crippen LogP contribution in [0.4, 0.5) is 11.6 Å². The first kappa shape index (κ1) is 14.5. The molecular formula is C12H20N6O2. The zero-order valence-corrected chi connectivity index (χ0v) is 11.5. The quantitative estimate of drug-likeness (QED) is 0.487. The topological polar surface area (TPSA) is 119 Å². The molecule has 1 unspecified atom stereocenters. The Kier molecular flexibility index (Phi) is 4.70. The molecule has 8 nitrogen and oxygen atoms in total. The van der Waals surface area contributed by atoms with E-state index in [1.54, 1.807) is 0 Å². The lowest BCUT2D eigenvalue weighted by Gasteiger charge is -2.35. The maximum Gasteiger partial charge on any atom is 0.242 e. The van der Waals surface area contributed by atoms with Gasteiger partial charge in [-0.25, -0.2) is 15.8 Å². The molecule has 8 heteroatoms. The third kappa shape index (κ3) is 2.81. The molecule has 1 fully saturated rings. The molecule has 1 aliphatic heterocycles. The number of hydrogen-bond donors (Lipinski definition) is 3. The average Bonchev–Trinajstić information content (AvgIpc) is 2.47. The van der Waals surface area contributed by atoms with E-state index in [0.29, 0.717) is 24.8 Å². The number of carbonyl (C=O) groups excluding carboxylic acids is 1. The van der Waals surface area contributed by atoms with Gasteiger partial charge in [0.2, 0.25) is 5.91 Å². The van der Waals surface area contributed by atoms with Crippen molar-refractivity contribution in [3.63, 3.8) is 0 Å². The Labute approximate surface area is 117 Å². The third-order valence-corrected chi connectivity index (χ3v) is 3.29. The zero-order chi connectivity index (χ0) is 14.5. The lowest BCUT2D eigenvalue weighted by Crippen LogP contribution is -2.53. The number of nitrogens with one attached hydrogen (secondary N) is 1. The fraction of sp³-hybridized carbons (Fsp3) is 0.583. The Hall–Kier alpha value is -1.93. The first-order valence-corrected chi connectivity index (χ1v) is 6.63. The number of hydrogen-bond acceptors (Lipinski definition) is 7. The van der Waals surface area contributed by atoms with Crippen molar-refractivity contribution in [2.75, 3.05) is 30.1 Å². The van der Waals surface area contributed by atoms with Gasteiger partial charge in [-0.3, -0.25) is 4.79 Å². The minimum Gasteiger partial charge on any atom is -0.377 e. The molecule has 2 heterocycles. The maximum absolute atomic E-state index is 11.6. The van der Waals surface area contributed by atoms with Crippen molar-refractivity contribution in [2.45, 2.75) is 25.8 Å². The van der Waals surface area contributed by atoms with Crippen LogP contribution in [-0.4, -0.2) is 41.7 Å². The van der Waals surface area contributed by atoms with Crippen LogP contribution in [-0.2, 0) is 16.0 Å². The Morgan fingerprint density at radius 3 is 3.05 bits per heavy atom. The van der Waals surface area contributed by atoms with Crippen molar-refractivity contribution < 1.29 is 9.53 Å². The highest BCUT2D eigenvalue weighted by Crippen LogP contribution is 2.27. The summed E-state index contributed by atoms with van der Waals surface area (Å²) in [6, 6.07) is -0.514. The number of nitrogens with two attached hydrogens (primary N) is 2. The summed E-state index contributed by atoms with van der Waals surface area (Å²) in [4.78, 5) is 21.9. The smallest absolute Gasteiger partial charge is 0.242 e. The van der Waals surface area contributed by atoms with Gasteiger partial charge in [0, 0.05) is 12.1 Å². The minimum absolute atomic E-state index is 0.274. The molecule has 1 aromatic heterocycles. The summed E-state index contributed by atoms with van der Waals surface area (Å²) in [5.41, 5.74) is 8.92. The summed E-state index contributed by atoms with van der Waals surface area (Å²) in [5.74, 6) is 6.35. The van der Waals surface area contributed by atoms with E-state index in [1.807, 2.05) is 4.90 Å². The molecule has 0 bridgehead atoms. The Morgan fingerprint density at radius 2 is 2.40 bits per heavy atom.